The minimum atomic E-state index is -0.929. The Hall–Kier alpha value is -0.480. The lowest BCUT2D eigenvalue weighted by atomic mass is 9.91. The number of allylic oxidation sites excluding steroid dienone is 1. The Labute approximate surface area is 185 Å². The molecule has 0 aromatic rings. The maximum atomic E-state index is 11.1. The quantitative estimate of drug-likeness (QED) is 0.239. The van der Waals surface area contributed by atoms with Gasteiger partial charge in [-0.05, 0) is 51.4 Å². The fraction of sp³-hybridized carbons (Fsp3) is 0.880. The first kappa shape index (κ1) is 28.5. The Morgan fingerprint density at radius 2 is 1.45 bits per heavy atom. The number of hydrogen-bond donors (Lipinski definition) is 2. The van der Waals surface area contributed by atoms with Crippen molar-refractivity contribution in [1.29, 1.82) is 0 Å². The lowest BCUT2D eigenvalue weighted by Crippen LogP contribution is -2.46. The topological polar surface area (TPSA) is 63.3 Å². The summed E-state index contributed by atoms with van der Waals surface area (Å²) in [6.45, 7) is 15.5. The predicted molar refractivity (Wildman–Crippen MR) is 131 cm³/mol. The summed E-state index contributed by atoms with van der Waals surface area (Å²) in [5.41, 5.74) is 7.18. The molecule has 0 fully saturated rings. The molecule has 0 amide bonds. The summed E-state index contributed by atoms with van der Waals surface area (Å²) in [4.78, 5) is 11.1. The second-order valence-corrected chi connectivity index (χ2v) is 11.8. The van der Waals surface area contributed by atoms with Crippen LogP contribution in [-0.2, 0) is 4.79 Å². The Balaban J connectivity index is 3.90. The maximum Gasteiger partial charge on any atom is 0.321 e. The smallest absolute Gasteiger partial charge is 0.321 e. The van der Waals surface area contributed by atoms with Crippen molar-refractivity contribution in [2.45, 2.75) is 117 Å². The van der Waals surface area contributed by atoms with Crippen molar-refractivity contribution in [2.75, 3.05) is 5.75 Å². The van der Waals surface area contributed by atoms with Crippen LogP contribution in [0, 0.1) is 17.8 Å². The highest BCUT2D eigenvalue weighted by atomic mass is 32.2. The van der Waals surface area contributed by atoms with E-state index in [0.717, 1.165) is 29.9 Å². The van der Waals surface area contributed by atoms with Crippen molar-refractivity contribution >= 4 is 17.7 Å². The van der Waals surface area contributed by atoms with Gasteiger partial charge < -0.3 is 10.8 Å². The molecule has 3 nitrogen and oxygen atoms in total. The van der Waals surface area contributed by atoms with Crippen LogP contribution in [0.1, 0.15) is 106 Å². The maximum absolute atomic E-state index is 11.1. The van der Waals surface area contributed by atoms with Crippen molar-refractivity contribution < 1.29 is 9.90 Å². The lowest BCUT2D eigenvalue weighted by Gasteiger charge is -2.27. The highest BCUT2D eigenvalue weighted by Gasteiger charge is 2.31. The third-order valence-corrected chi connectivity index (χ3v) is 7.37. The average Bonchev–Trinajstić information content (AvgIpc) is 2.60. The van der Waals surface area contributed by atoms with Crippen molar-refractivity contribution in [2.24, 2.45) is 23.5 Å². The van der Waals surface area contributed by atoms with E-state index < -0.39 is 16.8 Å². The van der Waals surface area contributed by atoms with Gasteiger partial charge in [0.1, 0.15) is 6.04 Å². The van der Waals surface area contributed by atoms with Crippen molar-refractivity contribution in [3.05, 3.63) is 11.6 Å². The molecule has 0 aromatic carbocycles. The lowest BCUT2D eigenvalue weighted by molar-refractivity contribution is -0.139. The van der Waals surface area contributed by atoms with Crippen molar-refractivity contribution in [3.8, 4) is 0 Å². The van der Waals surface area contributed by atoms with Gasteiger partial charge in [0.05, 0.1) is 0 Å². The van der Waals surface area contributed by atoms with Crippen molar-refractivity contribution in [1.82, 2.24) is 0 Å². The highest BCUT2D eigenvalue weighted by Crippen LogP contribution is 2.28. The summed E-state index contributed by atoms with van der Waals surface area (Å²) in [5.74, 6) is 2.42. The number of nitrogens with two attached hydrogens (primary N) is 1. The van der Waals surface area contributed by atoms with Crippen molar-refractivity contribution in [3.63, 3.8) is 0 Å². The van der Waals surface area contributed by atoms with Crippen LogP contribution in [0.25, 0.3) is 0 Å². The van der Waals surface area contributed by atoms with Gasteiger partial charge >= 0.3 is 5.97 Å². The Bertz CT molecular complexity index is 473. The molecule has 3 unspecified atom stereocenters. The summed E-state index contributed by atoms with van der Waals surface area (Å²) < 4.78 is -0.455. The fourth-order valence-corrected chi connectivity index (χ4v) is 4.67. The molecule has 0 saturated heterocycles. The monoisotopic (exact) mass is 427 g/mol. The van der Waals surface area contributed by atoms with Crippen LogP contribution < -0.4 is 5.73 Å². The summed E-state index contributed by atoms with van der Waals surface area (Å²) in [6.07, 6.45) is 14.2. The molecule has 0 spiro atoms. The number of carboxylic acids is 1. The first-order valence-electron chi connectivity index (χ1n) is 11.7. The number of carbonyl (C=O) groups is 1. The zero-order chi connectivity index (χ0) is 22.4. The molecular formula is C25H49NO2S. The number of rotatable bonds is 17. The summed E-state index contributed by atoms with van der Waals surface area (Å²) >= 11 is 1.62. The van der Waals surface area contributed by atoms with Gasteiger partial charge in [0.15, 0.2) is 0 Å². The Kier molecular flexibility index (Phi) is 15.1. The van der Waals surface area contributed by atoms with Crippen LogP contribution in [0.2, 0.25) is 0 Å². The number of hydrogen-bond acceptors (Lipinski definition) is 3. The van der Waals surface area contributed by atoms with Gasteiger partial charge in [-0.3, -0.25) is 4.79 Å². The van der Waals surface area contributed by atoms with E-state index in [4.69, 9.17) is 10.8 Å². The molecule has 0 aliphatic heterocycles. The second-order valence-electron chi connectivity index (χ2n) is 10.1. The number of carboxylic acid groups (broad SMARTS) is 1. The minimum absolute atomic E-state index is 0.455. The Morgan fingerprint density at radius 1 is 0.966 bits per heavy atom. The van der Waals surface area contributed by atoms with Crippen LogP contribution >= 0.6 is 11.8 Å². The normalized spacial score (nSPS) is 16.1. The largest absolute Gasteiger partial charge is 0.480 e. The third kappa shape index (κ3) is 15.0. The van der Waals surface area contributed by atoms with E-state index in [0.29, 0.717) is 0 Å². The molecule has 29 heavy (non-hydrogen) atoms. The molecule has 0 saturated carbocycles. The van der Waals surface area contributed by atoms with Gasteiger partial charge in [-0.15, -0.1) is 11.8 Å². The standard InChI is InChI=1S/C25H49NO2S/c1-19(2)11-8-12-20(3)13-9-14-21(4)15-10-16-22(5)17-18-29-25(6,7)23(26)24(27)28/h17,19-21,23H,8-16,18,26H2,1-7H3,(H,27,28)/b22-17+. The van der Waals surface area contributed by atoms with Gasteiger partial charge in [-0.25, -0.2) is 0 Å². The summed E-state index contributed by atoms with van der Waals surface area (Å²) in [5, 5.41) is 9.09. The molecule has 0 heterocycles. The minimum Gasteiger partial charge on any atom is -0.480 e. The van der Waals surface area contributed by atoms with Crippen LogP contribution in [0.15, 0.2) is 11.6 Å². The van der Waals surface area contributed by atoms with E-state index in [2.05, 4.69) is 40.7 Å². The van der Waals surface area contributed by atoms with E-state index in [-0.39, 0.29) is 0 Å². The molecule has 0 aromatic heterocycles. The molecule has 4 heteroatoms. The van der Waals surface area contributed by atoms with Crippen LogP contribution in [0.3, 0.4) is 0 Å². The molecule has 0 radical (unpaired) electrons. The van der Waals surface area contributed by atoms with Gasteiger partial charge in [-0.1, -0.05) is 84.3 Å². The average molecular weight is 428 g/mol. The number of aliphatic carboxylic acids is 1. The van der Waals surface area contributed by atoms with E-state index in [1.54, 1.807) is 11.8 Å². The molecule has 0 rings (SSSR count). The van der Waals surface area contributed by atoms with E-state index in [1.807, 2.05) is 13.8 Å². The number of thioether (sulfide) groups is 1. The molecule has 3 atom stereocenters. The molecule has 3 N–H and O–H groups in total. The molecule has 0 aliphatic carbocycles. The van der Waals surface area contributed by atoms with E-state index >= 15 is 0 Å². The first-order chi connectivity index (χ1) is 13.5. The first-order valence-corrected chi connectivity index (χ1v) is 12.7. The van der Waals surface area contributed by atoms with Crippen LogP contribution in [0.5, 0.6) is 0 Å². The van der Waals surface area contributed by atoms with Gasteiger partial charge in [0.25, 0.3) is 0 Å². The predicted octanol–water partition coefficient (Wildman–Crippen LogP) is 7.30. The van der Waals surface area contributed by atoms with Crippen LogP contribution in [-0.4, -0.2) is 27.6 Å². The SMILES string of the molecule is C/C(=C\CSC(C)(C)C(N)C(=O)O)CCCC(C)CCCC(C)CCCC(C)C. The third-order valence-electron chi connectivity index (χ3n) is 6.04. The summed E-state index contributed by atoms with van der Waals surface area (Å²) in [7, 11) is 0. The van der Waals surface area contributed by atoms with Gasteiger partial charge in [-0.2, -0.15) is 0 Å². The zero-order valence-electron chi connectivity index (χ0n) is 20.3. The fourth-order valence-electron chi connectivity index (χ4n) is 3.60. The van der Waals surface area contributed by atoms with Gasteiger partial charge in [0.2, 0.25) is 0 Å². The molecular weight excluding hydrogens is 378 g/mol. The van der Waals surface area contributed by atoms with Crippen LogP contribution in [0.4, 0.5) is 0 Å². The van der Waals surface area contributed by atoms with E-state index in [1.165, 1.54) is 56.9 Å². The Morgan fingerprint density at radius 3 is 1.93 bits per heavy atom. The van der Waals surface area contributed by atoms with E-state index in [9.17, 15) is 4.79 Å². The zero-order valence-corrected chi connectivity index (χ0v) is 21.1. The van der Waals surface area contributed by atoms with Gasteiger partial charge in [0, 0.05) is 10.5 Å². The molecule has 0 bridgehead atoms. The molecule has 172 valence electrons. The molecule has 0 aliphatic rings. The summed E-state index contributed by atoms with van der Waals surface area (Å²) in [6, 6.07) is -0.833. The second kappa shape index (κ2) is 15.3. The highest BCUT2D eigenvalue weighted by molar-refractivity contribution is 8.00.